The van der Waals surface area contributed by atoms with Crippen LogP contribution in [0.2, 0.25) is 0 Å². The lowest BCUT2D eigenvalue weighted by Gasteiger charge is -2.37. The van der Waals surface area contributed by atoms with Crippen LogP contribution in [0.1, 0.15) is 41.7 Å². The van der Waals surface area contributed by atoms with E-state index < -0.39 is 5.60 Å². The second-order valence-electron chi connectivity index (χ2n) is 6.74. The summed E-state index contributed by atoms with van der Waals surface area (Å²) in [5.41, 5.74) is 2.66. The van der Waals surface area contributed by atoms with Crippen LogP contribution in [0.15, 0.2) is 24.3 Å². The van der Waals surface area contributed by atoms with Crippen LogP contribution in [-0.2, 0) is 5.60 Å². The van der Waals surface area contributed by atoms with Crippen molar-refractivity contribution in [2.24, 2.45) is 5.92 Å². The molecule has 0 saturated carbocycles. The van der Waals surface area contributed by atoms with Gasteiger partial charge < -0.3 is 14.6 Å². The molecule has 0 saturated heterocycles. The molecule has 0 spiro atoms. The zero-order valence-corrected chi connectivity index (χ0v) is 16.0. The van der Waals surface area contributed by atoms with Gasteiger partial charge in [-0.2, -0.15) is 0 Å². The number of aliphatic hydroxyl groups is 1. The molecule has 0 heterocycles. The molecule has 136 valence electrons. The highest BCUT2D eigenvalue weighted by atomic mass is 19.1. The second kappa shape index (κ2) is 7.04. The van der Waals surface area contributed by atoms with Crippen LogP contribution in [-0.4, -0.2) is 19.3 Å². The Kier molecular flexibility index (Phi) is 5.43. The van der Waals surface area contributed by atoms with E-state index in [-0.39, 0.29) is 11.7 Å². The van der Waals surface area contributed by atoms with Gasteiger partial charge >= 0.3 is 0 Å². The molecule has 4 heteroatoms. The minimum Gasteiger partial charge on any atom is -0.496 e. The minimum atomic E-state index is -1.34. The number of methoxy groups -OCH3 is 2. The topological polar surface area (TPSA) is 38.7 Å². The summed E-state index contributed by atoms with van der Waals surface area (Å²) in [6, 6.07) is 5.97. The predicted octanol–water partition coefficient (Wildman–Crippen LogP) is 4.66. The van der Waals surface area contributed by atoms with Crippen molar-refractivity contribution in [1.82, 2.24) is 0 Å². The molecule has 0 radical (unpaired) electrons. The average Bonchev–Trinajstić information content (AvgIpc) is 2.58. The summed E-state index contributed by atoms with van der Waals surface area (Å²) in [6.07, 6.45) is 0. The fourth-order valence-electron chi connectivity index (χ4n) is 3.58. The van der Waals surface area contributed by atoms with Crippen LogP contribution in [0.3, 0.4) is 0 Å². The highest BCUT2D eigenvalue weighted by Gasteiger charge is 2.41. The Morgan fingerprint density at radius 1 is 0.880 bits per heavy atom. The fourth-order valence-corrected chi connectivity index (χ4v) is 3.58. The summed E-state index contributed by atoms with van der Waals surface area (Å²) in [5.74, 6) is 0.861. The maximum absolute atomic E-state index is 13.4. The van der Waals surface area contributed by atoms with Gasteiger partial charge in [-0.05, 0) is 55.5 Å². The Morgan fingerprint density at radius 2 is 1.36 bits per heavy atom. The van der Waals surface area contributed by atoms with Crippen molar-refractivity contribution >= 4 is 0 Å². The van der Waals surface area contributed by atoms with Gasteiger partial charge in [0.2, 0.25) is 0 Å². The predicted molar refractivity (Wildman–Crippen MR) is 98.0 cm³/mol. The normalized spacial score (nSPS) is 13.7. The quantitative estimate of drug-likeness (QED) is 0.856. The Bertz CT molecular complexity index is 766. The third kappa shape index (κ3) is 2.99. The molecule has 25 heavy (non-hydrogen) atoms. The largest absolute Gasteiger partial charge is 0.496 e. The first kappa shape index (κ1) is 19.3. The van der Waals surface area contributed by atoms with Crippen molar-refractivity contribution in [3.05, 3.63) is 57.9 Å². The van der Waals surface area contributed by atoms with Gasteiger partial charge in [-0.15, -0.1) is 0 Å². The number of halogens is 1. The molecule has 2 rings (SSSR count). The Labute approximate surface area is 149 Å². The molecule has 0 aliphatic rings. The third-order valence-electron chi connectivity index (χ3n) is 5.10. The Morgan fingerprint density at radius 3 is 1.80 bits per heavy atom. The van der Waals surface area contributed by atoms with Crippen molar-refractivity contribution < 1.29 is 19.0 Å². The molecule has 0 aliphatic carbocycles. The molecular formula is C21H27FO3. The van der Waals surface area contributed by atoms with Gasteiger partial charge in [-0.25, -0.2) is 4.39 Å². The molecule has 1 atom stereocenters. The average molecular weight is 346 g/mol. The van der Waals surface area contributed by atoms with E-state index in [0.29, 0.717) is 16.9 Å². The highest BCUT2D eigenvalue weighted by molar-refractivity contribution is 5.62. The first-order valence-corrected chi connectivity index (χ1v) is 8.40. The third-order valence-corrected chi connectivity index (χ3v) is 5.10. The molecular weight excluding hydrogens is 319 g/mol. The lowest BCUT2D eigenvalue weighted by Crippen LogP contribution is -2.35. The van der Waals surface area contributed by atoms with E-state index in [1.807, 2.05) is 34.6 Å². The van der Waals surface area contributed by atoms with Crippen molar-refractivity contribution in [1.29, 1.82) is 0 Å². The maximum atomic E-state index is 13.4. The van der Waals surface area contributed by atoms with Crippen molar-refractivity contribution in [3.63, 3.8) is 0 Å². The van der Waals surface area contributed by atoms with E-state index in [1.54, 1.807) is 26.4 Å². The van der Waals surface area contributed by atoms with Gasteiger partial charge in [0.25, 0.3) is 0 Å². The minimum absolute atomic E-state index is 0.169. The van der Waals surface area contributed by atoms with Crippen LogP contribution in [0, 0.1) is 32.5 Å². The summed E-state index contributed by atoms with van der Waals surface area (Å²) in [5, 5.41) is 11.8. The molecule has 0 aromatic heterocycles. The van der Waals surface area contributed by atoms with Gasteiger partial charge in [0.1, 0.15) is 22.9 Å². The van der Waals surface area contributed by atoms with Crippen molar-refractivity contribution in [2.75, 3.05) is 14.2 Å². The van der Waals surface area contributed by atoms with Crippen LogP contribution in [0.25, 0.3) is 0 Å². The lowest BCUT2D eigenvalue weighted by molar-refractivity contribution is 0.0284. The number of benzene rings is 2. The van der Waals surface area contributed by atoms with E-state index in [0.717, 1.165) is 22.4 Å². The van der Waals surface area contributed by atoms with Gasteiger partial charge in [-0.1, -0.05) is 26.0 Å². The first-order valence-electron chi connectivity index (χ1n) is 8.40. The van der Waals surface area contributed by atoms with Crippen LogP contribution in [0.4, 0.5) is 4.39 Å². The number of hydrogen-bond acceptors (Lipinski definition) is 3. The summed E-state index contributed by atoms with van der Waals surface area (Å²) >= 11 is 0. The Balaban J connectivity index is 2.92. The monoisotopic (exact) mass is 346 g/mol. The van der Waals surface area contributed by atoms with Gasteiger partial charge in [0.15, 0.2) is 0 Å². The summed E-state index contributed by atoms with van der Waals surface area (Å²) in [7, 11) is 3.22. The van der Waals surface area contributed by atoms with Crippen LogP contribution < -0.4 is 9.47 Å². The molecule has 2 aromatic carbocycles. The Hall–Kier alpha value is -2.07. The molecule has 0 fully saturated rings. The van der Waals surface area contributed by atoms with Crippen molar-refractivity contribution in [3.8, 4) is 11.5 Å². The number of rotatable bonds is 5. The molecule has 0 bridgehead atoms. The van der Waals surface area contributed by atoms with Crippen molar-refractivity contribution in [2.45, 2.75) is 40.2 Å². The molecule has 0 aliphatic heterocycles. The summed E-state index contributed by atoms with van der Waals surface area (Å²) in [6.45, 7) is 9.71. The molecule has 2 aromatic rings. The molecule has 0 amide bonds. The van der Waals surface area contributed by atoms with E-state index in [2.05, 4.69) is 0 Å². The number of ether oxygens (including phenoxy) is 2. The molecule has 1 unspecified atom stereocenters. The fraction of sp³-hybridized carbons (Fsp3) is 0.429. The van der Waals surface area contributed by atoms with Gasteiger partial charge in [-0.3, -0.25) is 0 Å². The van der Waals surface area contributed by atoms with Crippen LogP contribution >= 0.6 is 0 Å². The summed E-state index contributed by atoms with van der Waals surface area (Å²) in [4.78, 5) is 0. The van der Waals surface area contributed by atoms with E-state index in [1.165, 1.54) is 12.1 Å². The SMILES string of the molecule is COc1c(C)c(C)c(OC)c(C(O)(c2ccc(F)cc2)C(C)C)c1C. The zero-order valence-electron chi connectivity index (χ0n) is 16.0. The van der Waals surface area contributed by atoms with E-state index in [9.17, 15) is 9.50 Å². The molecule has 1 N–H and O–H groups in total. The first-order chi connectivity index (χ1) is 11.7. The standard InChI is InChI=1S/C21H27FO3/c1-12(2)21(23,16-8-10-17(22)11-9-16)18-15(5)19(24-6)13(3)14(4)20(18)25-7/h8-12,23H,1-7H3. The van der Waals surface area contributed by atoms with Gasteiger partial charge in [0.05, 0.1) is 14.2 Å². The molecule has 3 nitrogen and oxygen atoms in total. The summed E-state index contributed by atoms with van der Waals surface area (Å²) < 4.78 is 24.7. The smallest absolute Gasteiger partial charge is 0.129 e. The van der Waals surface area contributed by atoms with Crippen LogP contribution in [0.5, 0.6) is 11.5 Å². The van der Waals surface area contributed by atoms with E-state index >= 15 is 0 Å². The van der Waals surface area contributed by atoms with Gasteiger partial charge in [0, 0.05) is 11.1 Å². The highest BCUT2D eigenvalue weighted by Crippen LogP contribution is 2.48. The lowest BCUT2D eigenvalue weighted by atomic mass is 9.74. The second-order valence-corrected chi connectivity index (χ2v) is 6.74. The maximum Gasteiger partial charge on any atom is 0.129 e. The zero-order chi connectivity index (χ0) is 18.9. The van der Waals surface area contributed by atoms with E-state index in [4.69, 9.17) is 9.47 Å². The number of hydrogen-bond donors (Lipinski definition) is 1.